The number of ketones is 1. The summed E-state index contributed by atoms with van der Waals surface area (Å²) in [6.07, 6.45) is 5.69. The fourth-order valence-electron chi connectivity index (χ4n) is 1.19. The first-order valence-corrected chi connectivity index (χ1v) is 4.92. The van der Waals surface area contributed by atoms with Gasteiger partial charge in [0.05, 0.1) is 4.83 Å². The Hall–Kier alpha value is -0.370. The third-order valence-corrected chi connectivity index (χ3v) is 2.59. The monoisotopic (exact) mass is 228 g/mol. The SMILES string of the molecule is CC(C)(C)C1=CC=CC(Br)C1=O. The van der Waals surface area contributed by atoms with Crippen molar-refractivity contribution in [2.24, 2.45) is 5.41 Å². The van der Waals surface area contributed by atoms with Gasteiger partial charge in [0, 0.05) is 5.57 Å². The molecule has 0 N–H and O–H groups in total. The molecular formula is C10H13BrO. The molecule has 66 valence electrons. The number of Topliss-reactive ketones (excluding diaryl/α,β-unsaturated/α-hetero) is 1. The molecule has 0 saturated heterocycles. The van der Waals surface area contributed by atoms with Crippen LogP contribution in [-0.4, -0.2) is 10.6 Å². The Morgan fingerprint density at radius 3 is 2.42 bits per heavy atom. The zero-order chi connectivity index (χ0) is 9.35. The van der Waals surface area contributed by atoms with Crippen LogP contribution in [0.1, 0.15) is 20.8 Å². The zero-order valence-electron chi connectivity index (χ0n) is 7.60. The molecule has 1 rings (SSSR count). The predicted octanol–water partition coefficient (Wildman–Crippen LogP) is 2.86. The third kappa shape index (κ3) is 1.86. The van der Waals surface area contributed by atoms with Gasteiger partial charge in [0.2, 0.25) is 0 Å². The minimum atomic E-state index is -0.128. The Kier molecular flexibility index (Phi) is 2.57. The van der Waals surface area contributed by atoms with E-state index in [0.29, 0.717) is 0 Å². The van der Waals surface area contributed by atoms with Crippen LogP contribution in [0.5, 0.6) is 0 Å². The Labute approximate surface area is 81.7 Å². The lowest BCUT2D eigenvalue weighted by Crippen LogP contribution is -2.25. The topological polar surface area (TPSA) is 17.1 Å². The minimum Gasteiger partial charge on any atom is -0.293 e. The van der Waals surface area contributed by atoms with Crippen molar-refractivity contribution in [1.29, 1.82) is 0 Å². The van der Waals surface area contributed by atoms with Gasteiger partial charge in [0.1, 0.15) is 0 Å². The smallest absolute Gasteiger partial charge is 0.176 e. The second-order valence-electron chi connectivity index (χ2n) is 3.98. The summed E-state index contributed by atoms with van der Waals surface area (Å²) in [5, 5.41) is 0. The van der Waals surface area contributed by atoms with E-state index in [0.717, 1.165) is 5.57 Å². The fraction of sp³-hybridized carbons (Fsp3) is 0.500. The summed E-state index contributed by atoms with van der Waals surface area (Å²) in [6, 6.07) is 0. The van der Waals surface area contributed by atoms with Crippen molar-refractivity contribution >= 4 is 21.7 Å². The lowest BCUT2D eigenvalue weighted by molar-refractivity contribution is -0.115. The molecule has 0 radical (unpaired) electrons. The van der Waals surface area contributed by atoms with Crippen molar-refractivity contribution in [2.75, 3.05) is 0 Å². The van der Waals surface area contributed by atoms with Crippen LogP contribution in [-0.2, 0) is 4.79 Å². The molecular weight excluding hydrogens is 216 g/mol. The summed E-state index contributed by atoms with van der Waals surface area (Å²) in [5.41, 5.74) is 0.847. The van der Waals surface area contributed by atoms with E-state index in [1.165, 1.54) is 0 Å². The van der Waals surface area contributed by atoms with Crippen molar-refractivity contribution in [3.05, 3.63) is 23.8 Å². The van der Waals surface area contributed by atoms with Gasteiger partial charge >= 0.3 is 0 Å². The van der Waals surface area contributed by atoms with Crippen LogP contribution in [0.3, 0.4) is 0 Å². The van der Waals surface area contributed by atoms with Gasteiger partial charge in [-0.25, -0.2) is 0 Å². The maximum atomic E-state index is 11.6. The first kappa shape index (κ1) is 9.72. The average molecular weight is 229 g/mol. The van der Waals surface area contributed by atoms with Gasteiger partial charge in [-0.3, -0.25) is 4.79 Å². The quantitative estimate of drug-likeness (QED) is 0.583. The molecule has 1 nitrogen and oxygen atoms in total. The van der Waals surface area contributed by atoms with Crippen LogP contribution in [0.4, 0.5) is 0 Å². The lowest BCUT2D eigenvalue weighted by atomic mass is 9.81. The van der Waals surface area contributed by atoms with Crippen LogP contribution in [0.25, 0.3) is 0 Å². The number of hydrogen-bond donors (Lipinski definition) is 0. The van der Waals surface area contributed by atoms with E-state index >= 15 is 0 Å². The molecule has 0 saturated carbocycles. The summed E-state index contributed by atoms with van der Waals surface area (Å²) in [4.78, 5) is 11.5. The molecule has 0 aromatic rings. The number of carbonyl (C=O) groups is 1. The number of alkyl halides is 1. The molecule has 0 aromatic heterocycles. The largest absolute Gasteiger partial charge is 0.293 e. The highest BCUT2D eigenvalue weighted by atomic mass is 79.9. The summed E-state index contributed by atoms with van der Waals surface area (Å²) in [6.45, 7) is 6.15. The van der Waals surface area contributed by atoms with Gasteiger partial charge in [-0.05, 0) is 5.41 Å². The van der Waals surface area contributed by atoms with Crippen molar-refractivity contribution in [2.45, 2.75) is 25.6 Å². The molecule has 0 bridgehead atoms. The van der Waals surface area contributed by atoms with E-state index in [1.807, 2.05) is 18.2 Å². The first-order chi connectivity index (χ1) is 5.43. The fourth-order valence-corrected chi connectivity index (χ4v) is 1.61. The van der Waals surface area contributed by atoms with Crippen molar-refractivity contribution < 1.29 is 4.79 Å². The standard InChI is InChI=1S/C10H13BrO/c1-10(2,3)7-5-4-6-8(11)9(7)12/h4-6,8H,1-3H3. The van der Waals surface area contributed by atoms with Crippen molar-refractivity contribution in [3.8, 4) is 0 Å². The Morgan fingerprint density at radius 2 is 2.00 bits per heavy atom. The van der Waals surface area contributed by atoms with Gasteiger partial charge in [0.15, 0.2) is 5.78 Å². The Balaban J connectivity index is 2.99. The Morgan fingerprint density at radius 1 is 1.42 bits per heavy atom. The summed E-state index contributed by atoms with van der Waals surface area (Å²) in [7, 11) is 0. The number of carbonyl (C=O) groups excluding carboxylic acids is 1. The number of halogens is 1. The molecule has 0 amide bonds. The highest BCUT2D eigenvalue weighted by molar-refractivity contribution is 9.10. The summed E-state index contributed by atoms with van der Waals surface area (Å²) < 4.78 is 0. The van der Waals surface area contributed by atoms with Gasteiger partial charge in [-0.2, -0.15) is 0 Å². The summed E-state index contributed by atoms with van der Waals surface area (Å²) in [5.74, 6) is 0.185. The molecule has 12 heavy (non-hydrogen) atoms. The Bertz CT molecular complexity index is 256. The summed E-state index contributed by atoms with van der Waals surface area (Å²) >= 11 is 3.31. The van der Waals surface area contributed by atoms with Crippen LogP contribution in [0, 0.1) is 5.41 Å². The molecule has 0 aliphatic heterocycles. The zero-order valence-corrected chi connectivity index (χ0v) is 9.18. The van der Waals surface area contributed by atoms with Crippen LogP contribution < -0.4 is 0 Å². The number of rotatable bonds is 0. The van der Waals surface area contributed by atoms with Crippen LogP contribution >= 0.6 is 15.9 Å². The van der Waals surface area contributed by atoms with Crippen molar-refractivity contribution in [3.63, 3.8) is 0 Å². The lowest BCUT2D eigenvalue weighted by Gasteiger charge is -2.24. The molecule has 2 heteroatoms. The number of hydrogen-bond acceptors (Lipinski definition) is 1. The molecule has 1 aliphatic carbocycles. The van der Waals surface area contributed by atoms with E-state index in [-0.39, 0.29) is 16.0 Å². The second-order valence-corrected chi connectivity index (χ2v) is 4.97. The maximum absolute atomic E-state index is 11.6. The van der Waals surface area contributed by atoms with E-state index in [4.69, 9.17) is 0 Å². The molecule has 0 spiro atoms. The van der Waals surface area contributed by atoms with E-state index in [2.05, 4.69) is 36.7 Å². The molecule has 1 atom stereocenters. The van der Waals surface area contributed by atoms with Gasteiger partial charge in [0.25, 0.3) is 0 Å². The molecule has 1 aliphatic rings. The first-order valence-electron chi connectivity index (χ1n) is 4.00. The van der Waals surface area contributed by atoms with Gasteiger partial charge < -0.3 is 0 Å². The average Bonchev–Trinajstić information content (AvgIpc) is 1.92. The predicted molar refractivity (Wildman–Crippen MR) is 54.4 cm³/mol. The highest BCUT2D eigenvalue weighted by Crippen LogP contribution is 2.30. The van der Waals surface area contributed by atoms with Gasteiger partial charge in [-0.15, -0.1) is 0 Å². The normalized spacial score (nSPS) is 24.2. The highest BCUT2D eigenvalue weighted by Gasteiger charge is 2.28. The van der Waals surface area contributed by atoms with Crippen LogP contribution in [0.2, 0.25) is 0 Å². The third-order valence-electron chi connectivity index (χ3n) is 1.87. The van der Waals surface area contributed by atoms with Gasteiger partial charge in [-0.1, -0.05) is 54.9 Å². The van der Waals surface area contributed by atoms with Crippen molar-refractivity contribution in [1.82, 2.24) is 0 Å². The number of allylic oxidation sites excluding steroid dienone is 4. The molecule has 1 unspecified atom stereocenters. The van der Waals surface area contributed by atoms with E-state index < -0.39 is 0 Å². The maximum Gasteiger partial charge on any atom is 0.176 e. The minimum absolute atomic E-state index is 0.0478. The molecule has 0 heterocycles. The van der Waals surface area contributed by atoms with E-state index in [1.54, 1.807) is 0 Å². The molecule has 0 aromatic carbocycles. The molecule has 0 fully saturated rings. The van der Waals surface area contributed by atoms with Crippen LogP contribution in [0.15, 0.2) is 23.8 Å². The second kappa shape index (κ2) is 3.17. The van der Waals surface area contributed by atoms with E-state index in [9.17, 15) is 4.79 Å².